The van der Waals surface area contributed by atoms with Gasteiger partial charge in [-0.1, -0.05) is 15.9 Å². The molecule has 0 aliphatic carbocycles. The lowest BCUT2D eigenvalue weighted by molar-refractivity contribution is 0.326. The molecule has 1 aromatic rings. The summed E-state index contributed by atoms with van der Waals surface area (Å²) in [5, 5.41) is 0. The van der Waals surface area contributed by atoms with Crippen LogP contribution in [0.25, 0.3) is 0 Å². The van der Waals surface area contributed by atoms with Gasteiger partial charge in [-0.05, 0) is 24.6 Å². The predicted molar refractivity (Wildman–Crippen MR) is 62.7 cm³/mol. The molecule has 15 heavy (non-hydrogen) atoms. The molecule has 1 aliphatic heterocycles. The average molecular weight is 272 g/mol. The van der Waals surface area contributed by atoms with E-state index in [9.17, 15) is 0 Å². The van der Waals surface area contributed by atoms with Gasteiger partial charge in [0.15, 0.2) is 11.5 Å². The summed E-state index contributed by atoms with van der Waals surface area (Å²) in [6.45, 7) is 1.37. The van der Waals surface area contributed by atoms with Gasteiger partial charge in [-0.25, -0.2) is 0 Å². The summed E-state index contributed by atoms with van der Waals surface area (Å²) in [6, 6.07) is 2.00. The zero-order valence-electron chi connectivity index (χ0n) is 8.68. The zero-order valence-corrected chi connectivity index (χ0v) is 10.3. The maximum atomic E-state index is 5.57. The average Bonchev–Trinajstić information content (AvgIpc) is 2.71. The highest BCUT2D eigenvalue weighted by atomic mass is 79.9. The summed E-state index contributed by atoms with van der Waals surface area (Å²) in [5.74, 6) is 1.69. The normalized spacial score (nSPS) is 13.5. The Kier molecular flexibility index (Phi) is 3.17. The van der Waals surface area contributed by atoms with E-state index in [-0.39, 0.29) is 0 Å². The molecule has 3 nitrogen and oxygen atoms in total. The first kappa shape index (κ1) is 10.8. The molecular weight excluding hydrogens is 258 g/mol. The molecule has 82 valence electrons. The number of methoxy groups -OCH3 is 1. The smallest absolute Gasteiger partial charge is 0.165 e. The summed E-state index contributed by atoms with van der Waals surface area (Å²) >= 11 is 3.61. The summed E-state index contributed by atoms with van der Waals surface area (Å²) < 4.78 is 12.0. The van der Waals surface area contributed by atoms with Crippen LogP contribution >= 0.6 is 15.9 Å². The fourth-order valence-corrected chi connectivity index (χ4v) is 2.55. The van der Waals surface area contributed by atoms with Crippen molar-refractivity contribution in [3.8, 4) is 11.5 Å². The Morgan fingerprint density at radius 2 is 2.40 bits per heavy atom. The van der Waals surface area contributed by atoms with Gasteiger partial charge in [-0.2, -0.15) is 0 Å². The second-order valence-electron chi connectivity index (χ2n) is 3.50. The van der Waals surface area contributed by atoms with Crippen molar-refractivity contribution in [2.75, 3.05) is 20.3 Å². The number of ether oxygens (including phenoxy) is 2. The summed E-state index contributed by atoms with van der Waals surface area (Å²) in [4.78, 5) is 0. The first-order chi connectivity index (χ1) is 7.27. The van der Waals surface area contributed by atoms with Gasteiger partial charge in [-0.3, -0.25) is 0 Å². The fraction of sp³-hybridized carbons (Fsp3) is 0.455. The highest BCUT2D eigenvalue weighted by Gasteiger charge is 2.22. The monoisotopic (exact) mass is 271 g/mol. The molecule has 1 aromatic carbocycles. The predicted octanol–water partition coefficient (Wildman–Crippen LogP) is 1.89. The third-order valence-corrected chi connectivity index (χ3v) is 3.57. The molecule has 0 saturated heterocycles. The highest BCUT2D eigenvalue weighted by molar-refractivity contribution is 9.10. The molecule has 1 aliphatic rings. The Balaban J connectivity index is 2.51. The first-order valence-corrected chi connectivity index (χ1v) is 5.78. The number of hydrogen-bond acceptors (Lipinski definition) is 3. The Morgan fingerprint density at radius 1 is 1.60 bits per heavy atom. The van der Waals surface area contributed by atoms with Crippen LogP contribution in [0.5, 0.6) is 11.5 Å². The molecule has 0 atom stereocenters. The van der Waals surface area contributed by atoms with Crippen LogP contribution in [-0.4, -0.2) is 20.3 Å². The van der Waals surface area contributed by atoms with Crippen LogP contribution < -0.4 is 15.2 Å². The van der Waals surface area contributed by atoms with Crippen LogP contribution in [0.15, 0.2) is 10.5 Å². The second-order valence-corrected chi connectivity index (χ2v) is 4.29. The number of halogens is 1. The second kappa shape index (κ2) is 4.41. The van der Waals surface area contributed by atoms with Crippen molar-refractivity contribution >= 4 is 15.9 Å². The van der Waals surface area contributed by atoms with Crippen molar-refractivity contribution in [3.63, 3.8) is 0 Å². The van der Waals surface area contributed by atoms with Gasteiger partial charge in [0.25, 0.3) is 0 Å². The Morgan fingerprint density at radius 3 is 3.07 bits per heavy atom. The third kappa shape index (κ3) is 1.84. The fourth-order valence-electron chi connectivity index (χ4n) is 1.86. The van der Waals surface area contributed by atoms with Gasteiger partial charge in [0, 0.05) is 16.5 Å². The van der Waals surface area contributed by atoms with E-state index in [1.54, 1.807) is 7.11 Å². The van der Waals surface area contributed by atoms with Crippen LogP contribution in [-0.2, 0) is 12.8 Å². The minimum Gasteiger partial charge on any atom is -0.493 e. The van der Waals surface area contributed by atoms with E-state index in [4.69, 9.17) is 15.2 Å². The maximum Gasteiger partial charge on any atom is 0.165 e. The lowest BCUT2D eigenvalue weighted by Gasteiger charge is -2.12. The largest absolute Gasteiger partial charge is 0.493 e. The molecule has 0 radical (unpaired) electrons. The van der Waals surface area contributed by atoms with E-state index in [0.717, 1.165) is 35.4 Å². The highest BCUT2D eigenvalue weighted by Crippen LogP contribution is 2.42. The van der Waals surface area contributed by atoms with Crippen molar-refractivity contribution in [2.45, 2.75) is 12.8 Å². The van der Waals surface area contributed by atoms with E-state index in [1.165, 1.54) is 11.1 Å². The van der Waals surface area contributed by atoms with E-state index >= 15 is 0 Å². The molecule has 0 aromatic heterocycles. The molecule has 2 rings (SSSR count). The van der Waals surface area contributed by atoms with E-state index in [1.807, 2.05) is 6.07 Å². The van der Waals surface area contributed by atoms with E-state index in [0.29, 0.717) is 6.54 Å². The third-order valence-electron chi connectivity index (χ3n) is 2.58. The molecule has 0 saturated carbocycles. The molecule has 4 heteroatoms. The number of hydrogen-bond donors (Lipinski definition) is 1. The quantitative estimate of drug-likeness (QED) is 0.913. The van der Waals surface area contributed by atoms with Crippen LogP contribution in [0.1, 0.15) is 11.1 Å². The molecule has 0 unspecified atom stereocenters. The number of nitrogens with two attached hydrogens (primary N) is 1. The standard InChI is InChI=1S/C11H14BrNO2/c1-14-9-6-7(2-4-13)10(12)8-3-5-15-11(8)9/h6H,2-5,13H2,1H3. The van der Waals surface area contributed by atoms with Crippen LogP contribution in [0.3, 0.4) is 0 Å². The Bertz CT molecular complexity index is 379. The maximum absolute atomic E-state index is 5.57. The number of rotatable bonds is 3. The zero-order chi connectivity index (χ0) is 10.8. The molecule has 1 heterocycles. The molecule has 0 spiro atoms. The molecule has 2 N–H and O–H groups in total. The molecule has 0 amide bonds. The topological polar surface area (TPSA) is 44.5 Å². The van der Waals surface area contributed by atoms with Gasteiger partial charge in [0.05, 0.1) is 13.7 Å². The van der Waals surface area contributed by atoms with Crippen molar-refractivity contribution in [3.05, 3.63) is 21.7 Å². The van der Waals surface area contributed by atoms with Crippen LogP contribution in [0.4, 0.5) is 0 Å². The molecule has 0 fully saturated rings. The Hall–Kier alpha value is -0.740. The SMILES string of the molecule is COc1cc(CCN)c(Br)c2c1OCC2. The van der Waals surface area contributed by atoms with E-state index < -0.39 is 0 Å². The van der Waals surface area contributed by atoms with Crippen molar-refractivity contribution in [2.24, 2.45) is 5.73 Å². The Labute approximate surface area is 97.7 Å². The first-order valence-electron chi connectivity index (χ1n) is 4.99. The van der Waals surface area contributed by atoms with Crippen molar-refractivity contribution in [1.29, 1.82) is 0 Å². The van der Waals surface area contributed by atoms with Gasteiger partial charge in [0.1, 0.15) is 0 Å². The van der Waals surface area contributed by atoms with E-state index in [2.05, 4.69) is 15.9 Å². The van der Waals surface area contributed by atoms with Gasteiger partial charge >= 0.3 is 0 Å². The van der Waals surface area contributed by atoms with Gasteiger partial charge in [0.2, 0.25) is 0 Å². The number of benzene rings is 1. The minimum absolute atomic E-state index is 0.640. The summed E-state index contributed by atoms with van der Waals surface area (Å²) in [6.07, 6.45) is 1.79. The summed E-state index contributed by atoms with van der Waals surface area (Å²) in [5.41, 5.74) is 7.97. The molecular formula is C11H14BrNO2. The molecule has 0 bridgehead atoms. The van der Waals surface area contributed by atoms with Gasteiger partial charge in [-0.15, -0.1) is 0 Å². The lowest BCUT2D eigenvalue weighted by Crippen LogP contribution is -2.04. The minimum atomic E-state index is 0.640. The van der Waals surface area contributed by atoms with Crippen LogP contribution in [0.2, 0.25) is 0 Å². The summed E-state index contributed by atoms with van der Waals surface area (Å²) in [7, 11) is 1.66. The lowest BCUT2D eigenvalue weighted by atomic mass is 10.1. The van der Waals surface area contributed by atoms with Crippen molar-refractivity contribution in [1.82, 2.24) is 0 Å². The van der Waals surface area contributed by atoms with Crippen LogP contribution in [0, 0.1) is 0 Å². The number of fused-ring (bicyclic) bond motifs is 1. The van der Waals surface area contributed by atoms with Crippen molar-refractivity contribution < 1.29 is 9.47 Å². The van der Waals surface area contributed by atoms with Gasteiger partial charge < -0.3 is 15.2 Å².